The van der Waals surface area contributed by atoms with Crippen LogP contribution in [0.25, 0.3) is 0 Å². The summed E-state index contributed by atoms with van der Waals surface area (Å²) in [6.07, 6.45) is -5.12. The molecule has 0 aliphatic rings. The van der Waals surface area contributed by atoms with Gasteiger partial charge in [0.1, 0.15) is 4.90 Å². The molecule has 0 aliphatic carbocycles. The smallest absolute Gasteiger partial charge is 0.404 e. The third kappa shape index (κ3) is 4.99. The first-order valence-corrected chi connectivity index (χ1v) is 7.35. The molecule has 0 aromatic heterocycles. The molecule has 1 rings (SSSR count). The van der Waals surface area contributed by atoms with Gasteiger partial charge in [0.15, 0.2) is 5.75 Å². The molecule has 5 nitrogen and oxygen atoms in total. The minimum Gasteiger partial charge on any atom is -0.404 e. The minimum absolute atomic E-state index is 0.106. The fraction of sp³-hybridized carbons (Fsp3) is 0.300. The van der Waals surface area contributed by atoms with Crippen molar-refractivity contribution in [1.29, 1.82) is 5.26 Å². The predicted octanol–water partition coefficient (Wildman–Crippen LogP) is 2.54. The van der Waals surface area contributed by atoms with Crippen LogP contribution in [0.15, 0.2) is 27.6 Å². The Labute approximate surface area is 121 Å². The second-order valence-corrected chi connectivity index (χ2v) is 6.10. The van der Waals surface area contributed by atoms with E-state index in [1.807, 2.05) is 4.72 Å². The third-order valence-corrected chi connectivity index (χ3v) is 3.94. The molecule has 0 saturated carbocycles. The van der Waals surface area contributed by atoms with E-state index in [0.29, 0.717) is 0 Å². The highest BCUT2D eigenvalue weighted by Crippen LogP contribution is 2.32. The molecule has 0 heterocycles. The van der Waals surface area contributed by atoms with Crippen molar-refractivity contribution in [3.8, 4) is 11.8 Å². The van der Waals surface area contributed by atoms with Crippen molar-refractivity contribution in [3.63, 3.8) is 0 Å². The Balaban J connectivity index is 3.14. The van der Waals surface area contributed by atoms with Crippen LogP contribution in [0.2, 0.25) is 0 Å². The van der Waals surface area contributed by atoms with E-state index in [1.54, 1.807) is 6.07 Å². The molecule has 0 amide bonds. The number of nitrogens with one attached hydrogen (secondary N) is 1. The number of hydrogen-bond donors (Lipinski definition) is 1. The molecule has 0 aliphatic heterocycles. The van der Waals surface area contributed by atoms with Crippen LogP contribution in [0.4, 0.5) is 13.2 Å². The predicted molar refractivity (Wildman–Crippen MR) is 66.2 cm³/mol. The Morgan fingerprint density at radius 1 is 1.40 bits per heavy atom. The molecule has 0 fully saturated rings. The molecule has 1 aromatic rings. The van der Waals surface area contributed by atoms with Crippen molar-refractivity contribution in [2.45, 2.75) is 17.7 Å². The average Bonchev–Trinajstić information content (AvgIpc) is 2.26. The molecule has 10 heteroatoms. The van der Waals surface area contributed by atoms with Crippen molar-refractivity contribution < 1.29 is 26.3 Å². The van der Waals surface area contributed by atoms with E-state index in [9.17, 15) is 21.6 Å². The van der Waals surface area contributed by atoms with Crippen LogP contribution >= 0.6 is 15.9 Å². The van der Waals surface area contributed by atoms with Gasteiger partial charge < -0.3 is 4.74 Å². The van der Waals surface area contributed by atoms with E-state index in [1.165, 1.54) is 6.07 Å². The molecule has 0 spiro atoms. The van der Waals surface area contributed by atoms with Gasteiger partial charge in [-0.25, -0.2) is 13.1 Å². The molecule has 110 valence electrons. The SMILES string of the molecule is N#CCCNS(=O)(=O)c1ccc(Br)cc1OC(F)(F)F. The number of rotatable bonds is 5. The zero-order chi connectivity index (χ0) is 15.4. The van der Waals surface area contributed by atoms with Crippen LogP contribution in [0.5, 0.6) is 5.75 Å². The van der Waals surface area contributed by atoms with Gasteiger partial charge in [-0.1, -0.05) is 15.9 Å². The summed E-state index contributed by atoms with van der Waals surface area (Å²) < 4.78 is 66.4. The molecule has 1 aromatic carbocycles. The molecular formula is C10H8BrF3N2O3S. The van der Waals surface area contributed by atoms with Crippen molar-refractivity contribution in [2.24, 2.45) is 0 Å². The summed E-state index contributed by atoms with van der Waals surface area (Å²) in [5, 5.41) is 8.31. The largest absolute Gasteiger partial charge is 0.573 e. The van der Waals surface area contributed by atoms with E-state index in [0.717, 1.165) is 12.1 Å². The number of benzene rings is 1. The summed E-state index contributed by atoms with van der Waals surface area (Å²) >= 11 is 2.93. The lowest BCUT2D eigenvalue weighted by molar-refractivity contribution is -0.275. The van der Waals surface area contributed by atoms with Crippen molar-refractivity contribution in [1.82, 2.24) is 4.72 Å². The first-order chi connectivity index (χ1) is 9.15. The first-order valence-electron chi connectivity index (χ1n) is 5.07. The number of ether oxygens (including phenoxy) is 1. The quantitative estimate of drug-likeness (QED) is 0.805. The number of alkyl halides is 3. The Morgan fingerprint density at radius 2 is 2.05 bits per heavy atom. The summed E-state index contributed by atoms with van der Waals surface area (Å²) in [5.74, 6) is -0.851. The molecule has 1 N–H and O–H groups in total. The fourth-order valence-corrected chi connectivity index (χ4v) is 2.71. The number of hydrogen-bond acceptors (Lipinski definition) is 4. The van der Waals surface area contributed by atoms with E-state index in [-0.39, 0.29) is 17.4 Å². The van der Waals surface area contributed by atoms with Crippen LogP contribution in [0.1, 0.15) is 6.42 Å². The second kappa shape index (κ2) is 6.43. The van der Waals surface area contributed by atoms with Crippen molar-refractivity contribution in [2.75, 3.05) is 6.54 Å². The maximum Gasteiger partial charge on any atom is 0.573 e. The Bertz CT molecular complexity index is 626. The molecule has 0 saturated heterocycles. The molecule has 20 heavy (non-hydrogen) atoms. The Hall–Kier alpha value is -1.31. The second-order valence-electron chi connectivity index (χ2n) is 3.44. The standard InChI is InChI=1S/C10H8BrF3N2O3S/c11-7-2-3-9(8(6-7)19-10(12,13)14)20(17,18)16-5-1-4-15/h2-3,6,16H,1,5H2. The van der Waals surface area contributed by atoms with Crippen LogP contribution < -0.4 is 9.46 Å². The first kappa shape index (κ1) is 16.7. The van der Waals surface area contributed by atoms with Gasteiger partial charge in [0.2, 0.25) is 10.0 Å². The topological polar surface area (TPSA) is 79.2 Å². The van der Waals surface area contributed by atoms with Crippen molar-refractivity contribution >= 4 is 26.0 Å². The number of halogens is 4. The van der Waals surface area contributed by atoms with E-state index in [2.05, 4.69) is 20.7 Å². The lowest BCUT2D eigenvalue weighted by Crippen LogP contribution is -2.26. The van der Waals surface area contributed by atoms with Crippen LogP contribution in [0, 0.1) is 11.3 Å². The van der Waals surface area contributed by atoms with Gasteiger partial charge in [-0.3, -0.25) is 0 Å². The Kier molecular flexibility index (Phi) is 5.38. The fourth-order valence-electron chi connectivity index (χ4n) is 1.23. The van der Waals surface area contributed by atoms with Gasteiger partial charge in [0, 0.05) is 17.4 Å². The summed E-state index contributed by atoms with van der Waals surface area (Å²) in [6, 6.07) is 4.84. The van der Waals surface area contributed by atoms with Gasteiger partial charge in [0.25, 0.3) is 0 Å². The molecule has 0 bridgehead atoms. The van der Waals surface area contributed by atoms with Crippen LogP contribution in [-0.2, 0) is 10.0 Å². The molecule has 0 atom stereocenters. The Morgan fingerprint density at radius 3 is 2.60 bits per heavy atom. The maximum absolute atomic E-state index is 12.3. The number of nitrogens with zero attached hydrogens (tertiary/aromatic N) is 1. The van der Waals surface area contributed by atoms with E-state index >= 15 is 0 Å². The van der Waals surface area contributed by atoms with E-state index in [4.69, 9.17) is 5.26 Å². The molecule has 0 radical (unpaired) electrons. The van der Waals surface area contributed by atoms with Crippen molar-refractivity contribution in [3.05, 3.63) is 22.7 Å². The summed E-state index contributed by atoms with van der Waals surface area (Å²) in [7, 11) is -4.20. The lowest BCUT2D eigenvalue weighted by atomic mass is 10.3. The summed E-state index contributed by atoms with van der Waals surface area (Å²) in [4.78, 5) is -0.657. The van der Waals surface area contributed by atoms with Gasteiger partial charge in [-0.2, -0.15) is 5.26 Å². The zero-order valence-electron chi connectivity index (χ0n) is 9.74. The third-order valence-electron chi connectivity index (χ3n) is 1.95. The monoisotopic (exact) mass is 372 g/mol. The molecular weight excluding hydrogens is 365 g/mol. The van der Waals surface area contributed by atoms with Crippen LogP contribution in [-0.4, -0.2) is 21.3 Å². The van der Waals surface area contributed by atoms with Gasteiger partial charge in [0.05, 0.1) is 6.07 Å². The zero-order valence-corrected chi connectivity index (χ0v) is 12.1. The highest BCUT2D eigenvalue weighted by atomic mass is 79.9. The summed E-state index contributed by atoms with van der Waals surface area (Å²) in [5.41, 5.74) is 0. The average molecular weight is 373 g/mol. The van der Waals surface area contributed by atoms with Gasteiger partial charge >= 0.3 is 6.36 Å². The minimum atomic E-state index is -5.02. The normalized spacial score (nSPS) is 11.9. The van der Waals surface area contributed by atoms with E-state index < -0.39 is 27.0 Å². The highest BCUT2D eigenvalue weighted by molar-refractivity contribution is 9.10. The van der Waals surface area contributed by atoms with Crippen LogP contribution in [0.3, 0.4) is 0 Å². The highest BCUT2D eigenvalue weighted by Gasteiger charge is 2.34. The number of nitriles is 1. The van der Waals surface area contributed by atoms with Gasteiger partial charge in [-0.15, -0.1) is 13.2 Å². The van der Waals surface area contributed by atoms with Gasteiger partial charge in [-0.05, 0) is 18.2 Å². The lowest BCUT2D eigenvalue weighted by Gasteiger charge is -2.14. The maximum atomic E-state index is 12.3. The number of sulfonamides is 1. The molecule has 0 unspecified atom stereocenters. The summed E-state index contributed by atoms with van der Waals surface area (Å²) in [6.45, 7) is -0.208.